The van der Waals surface area contributed by atoms with Gasteiger partial charge in [-0.25, -0.2) is 0 Å². The molecule has 0 saturated carbocycles. The first-order valence-electron chi connectivity index (χ1n) is 42.0. The van der Waals surface area contributed by atoms with E-state index in [0.29, 0.717) is 146 Å². The van der Waals surface area contributed by atoms with Crippen LogP contribution in [0, 0.1) is 48.5 Å². The lowest BCUT2D eigenvalue weighted by atomic mass is 10.0. The zero-order valence-electron chi connectivity index (χ0n) is 76.6. The van der Waals surface area contributed by atoms with Gasteiger partial charge in [0.25, 0.3) is 23.8 Å². The van der Waals surface area contributed by atoms with Crippen molar-refractivity contribution in [2.45, 2.75) is 175 Å². The first-order chi connectivity index (χ1) is 67.3. The summed E-state index contributed by atoms with van der Waals surface area (Å²) in [7, 11) is 0. The molecule has 12 aromatic heterocycles. The summed E-state index contributed by atoms with van der Waals surface area (Å²) >= 11 is 3.04. The van der Waals surface area contributed by atoms with Crippen LogP contribution in [0.25, 0.3) is 0 Å². The Bertz CT molecular complexity index is 6160. The lowest BCUT2D eigenvalue weighted by Gasteiger charge is -2.09. The van der Waals surface area contributed by atoms with Crippen LogP contribution in [0.3, 0.4) is 0 Å². The molecule has 25 N–H and O–H groups in total. The van der Waals surface area contributed by atoms with E-state index in [4.69, 9.17) is 75.9 Å². The third-order valence-electron chi connectivity index (χ3n) is 18.3. The van der Waals surface area contributed by atoms with Crippen LogP contribution in [-0.4, -0.2) is 278 Å². The Morgan fingerprint density at radius 1 is 0.298 bits per heavy atom. The number of anilines is 5. The van der Waals surface area contributed by atoms with Gasteiger partial charge < -0.3 is 97.1 Å². The summed E-state index contributed by atoms with van der Waals surface area (Å²) in [5, 5.41) is 185. The van der Waals surface area contributed by atoms with Crippen LogP contribution in [0.5, 0.6) is 0 Å². The van der Waals surface area contributed by atoms with Gasteiger partial charge in [0.2, 0.25) is 0 Å². The molecule has 738 valence electrons. The van der Waals surface area contributed by atoms with Crippen LogP contribution in [0.4, 0.5) is 29.5 Å². The molecule has 12 heterocycles. The number of carboxylic acids is 7. The average Bonchev–Trinajstić information content (AvgIpc) is 1.75. The van der Waals surface area contributed by atoms with Gasteiger partial charge >= 0.3 is 41.8 Å². The Hall–Kier alpha value is -16.9. The summed E-state index contributed by atoms with van der Waals surface area (Å²) in [5.74, 6) is -0.793. The maximum Gasteiger partial charge on any atom is 0.320 e. The zero-order chi connectivity index (χ0) is 102. The second-order valence-electron chi connectivity index (χ2n) is 30.2. The fourth-order valence-corrected chi connectivity index (χ4v) is 12.8. The highest BCUT2D eigenvalue weighted by Crippen LogP contribution is 2.23. The molecule has 14 rings (SSSR count). The third-order valence-corrected chi connectivity index (χ3v) is 20.2. The summed E-state index contributed by atoms with van der Waals surface area (Å²) in [4.78, 5) is 89.5. The molecule has 0 amide bonds. The van der Waals surface area contributed by atoms with Crippen molar-refractivity contribution in [3.05, 3.63) is 256 Å². The number of carbonyl (C=O) groups is 7. The number of aromatic nitrogens is 31. The van der Waals surface area contributed by atoms with E-state index < -0.39 is 84.1 Å². The monoisotopic (exact) mass is 1970 g/mol. The number of rotatable bonds is 38. The number of pyridine rings is 3. The van der Waals surface area contributed by atoms with Gasteiger partial charge in [-0.05, 0) is 179 Å². The first kappa shape index (κ1) is 109. The summed E-state index contributed by atoms with van der Waals surface area (Å²) in [5.41, 5.74) is 48.2. The molecule has 0 aliphatic heterocycles. The van der Waals surface area contributed by atoms with E-state index in [1.165, 1.54) is 22.7 Å². The van der Waals surface area contributed by atoms with Crippen molar-refractivity contribution in [3.8, 4) is 0 Å². The first-order valence-corrected chi connectivity index (χ1v) is 43.8. The Morgan fingerprint density at radius 2 is 0.645 bits per heavy atom. The zero-order valence-corrected chi connectivity index (χ0v) is 78.2. The van der Waals surface area contributed by atoms with Gasteiger partial charge in [-0.2, -0.15) is 0 Å². The number of nitrogens with zero attached hydrogens (tertiary/aromatic N) is 31. The molecule has 0 bridgehead atoms. The molecule has 0 spiro atoms. The number of hydrogen-bond acceptors (Lipinski definition) is 51. The smallest absolute Gasteiger partial charge is 0.320 e. The number of nitrogens with two attached hydrogens (primary N) is 7. The van der Waals surface area contributed by atoms with Gasteiger partial charge in [-0.1, -0.05) is 60.7 Å². The van der Waals surface area contributed by atoms with Crippen molar-refractivity contribution in [1.82, 2.24) is 158 Å². The molecule has 58 heteroatoms. The Labute approximate surface area is 809 Å². The molecule has 56 nitrogen and oxygen atoms in total. The van der Waals surface area contributed by atoms with Gasteiger partial charge in [0.05, 0.1) is 18.7 Å². The van der Waals surface area contributed by atoms with Gasteiger partial charge in [0.15, 0.2) is 58.2 Å². The minimum Gasteiger partial charge on any atom is -0.480 e. The predicted octanol–water partition coefficient (Wildman–Crippen LogP) is -0.634. The van der Waals surface area contributed by atoms with E-state index in [9.17, 15) is 33.6 Å². The number of aliphatic carboxylic acids is 7. The van der Waals surface area contributed by atoms with Crippen molar-refractivity contribution in [1.29, 1.82) is 0 Å². The van der Waals surface area contributed by atoms with Crippen LogP contribution in [0.15, 0.2) is 126 Å². The summed E-state index contributed by atoms with van der Waals surface area (Å²) in [6, 6.07) is 22.9. The molecular formula is C83H100N42O14S2. The number of carboxylic acid groups (broad SMARTS) is 7. The average molecular weight is 1970 g/mol. The van der Waals surface area contributed by atoms with Crippen LogP contribution in [0.1, 0.15) is 130 Å². The Morgan fingerprint density at radius 3 is 1.08 bits per heavy atom. The fraction of sp³-hybridized carbons (Fsp3) is 0.325. The van der Waals surface area contributed by atoms with Gasteiger partial charge in [0.1, 0.15) is 42.3 Å². The van der Waals surface area contributed by atoms with Crippen LogP contribution in [-0.2, 0) is 117 Å². The Balaban J connectivity index is 0.000000201. The van der Waals surface area contributed by atoms with E-state index >= 15 is 0 Å². The molecule has 2 aromatic carbocycles. The predicted molar refractivity (Wildman–Crippen MR) is 500 cm³/mol. The van der Waals surface area contributed by atoms with Crippen molar-refractivity contribution in [2.75, 3.05) is 21.3 Å². The molecular weight excluding hydrogens is 1870 g/mol. The lowest BCUT2D eigenvalue weighted by Crippen LogP contribution is -2.32. The molecule has 0 fully saturated rings. The van der Waals surface area contributed by atoms with E-state index in [0.717, 1.165) is 65.6 Å². The maximum absolute atomic E-state index is 10.8. The number of aryl methyl sites for hydroxylation is 7. The molecule has 0 unspecified atom stereocenters. The van der Waals surface area contributed by atoms with Crippen molar-refractivity contribution >= 4 is 93.9 Å². The molecule has 141 heavy (non-hydrogen) atoms. The minimum absolute atomic E-state index is 0.135. The molecule has 0 aliphatic rings. The summed E-state index contributed by atoms with van der Waals surface area (Å²) < 4.78 is 0. The highest BCUT2D eigenvalue weighted by atomic mass is 32.1. The molecule has 0 aliphatic carbocycles. The maximum atomic E-state index is 10.8. The van der Waals surface area contributed by atoms with Crippen LogP contribution < -0.4 is 61.4 Å². The number of nitrogens with one attached hydrogen (secondary N) is 4. The van der Waals surface area contributed by atoms with E-state index in [1.807, 2.05) is 71.4 Å². The highest BCUT2D eigenvalue weighted by Gasteiger charge is 2.22. The van der Waals surface area contributed by atoms with Gasteiger partial charge in [-0.15, -0.1) is 165 Å². The lowest BCUT2D eigenvalue weighted by molar-refractivity contribution is -0.139. The largest absolute Gasteiger partial charge is 0.480 e. The highest BCUT2D eigenvalue weighted by molar-refractivity contribution is 7.10. The van der Waals surface area contributed by atoms with Crippen LogP contribution >= 0.6 is 22.7 Å². The van der Waals surface area contributed by atoms with E-state index in [1.54, 1.807) is 103 Å². The van der Waals surface area contributed by atoms with E-state index in [2.05, 4.69) is 179 Å². The molecule has 0 radical (unpaired) electrons. The topological polar surface area (TPSA) is 891 Å². The summed E-state index contributed by atoms with van der Waals surface area (Å²) in [6.45, 7) is 13.4. The van der Waals surface area contributed by atoms with Gasteiger partial charge in [-0.3, -0.25) is 48.5 Å². The minimum atomic E-state index is -1.07. The standard InChI is InChI=1S/2C13H16N6O2.C12H15N7O2.C12H14N6O2.C11H13N7O2.2C11H13N5O2S/c1-8-16-18-13(19-17-8)15-7-10-4-2-9(3-5-10)6-11(14)12(20)21;1-8-16-18-13(19-17-8)15-7-10-4-2-3-9(5-10)6-11(14)12(20)21;1-7-16-18-12(19-17-7)15-6-9-3-2-8(5-14-9)4-10(13)11(20)21;1-7-15-17-11(18-16-7)5-9-3-2-8(6-14-9)4-10(13)12(19)20;1-6-15-17-11(18-16-6)14-7-2-3-13-8(4-7)5-9(12)10(19)20;1-6-13-15-10(16-14-6)4-8-2-7(5-19-8)3-9(12)11(17)18;1-6-13-15-10(16-14-6)5-9-7(2-3-19-9)4-8(12)11(17)18/h2*2-5,11H,6-7,14H2,1H3,(H,20,21)(H,15,18,19);2-3,5,10H,4,6,13H2,1H3,(H,20,21)(H,15,18,19);2-3,6,10H,4-5,13H2,1H3,(H,19,20);2-4,9H,5,12H2,1H3,(H,19,20)(H,13,14,17,18);2,5,9H,3-4,12H2,1H3,(H,17,18);2-3,8H,4-5,12H2,1H3,(H,17,18)/t2*11-;2*10-;2*9-;8-/m0000000/s1. The quantitative estimate of drug-likeness (QED) is 0.0229. The molecule has 0 saturated heterocycles. The van der Waals surface area contributed by atoms with Crippen molar-refractivity contribution in [3.63, 3.8) is 0 Å². The number of thiophene rings is 2. The second kappa shape index (κ2) is 56.6. The normalized spacial score (nSPS) is 12.0. The van der Waals surface area contributed by atoms with Crippen LogP contribution in [0.2, 0.25) is 0 Å². The Kier molecular flexibility index (Phi) is 43.9. The summed E-state index contributed by atoms with van der Waals surface area (Å²) in [6.07, 6.45) is 8.01. The SMILES string of the molecule is Cc1nnc(Cc2cc(C[C@H](N)C(=O)O)cs2)nn1.Cc1nnc(Cc2ccc(C[C@H](N)C(=O)O)cn2)nn1.Cc1nnc(Cc2sccc2C[C@H](N)C(=O)O)nn1.Cc1nnc(NCc2ccc(C[C@H](N)C(=O)O)cc2)nn1.Cc1nnc(NCc2ccc(C[C@H](N)C(=O)O)cn2)nn1.Cc1nnc(NCc2cccc(C[C@H](N)C(=O)O)c2)nn1.Cc1nnc(Nc2ccnc(C[C@H](N)C(=O)O)c2)nn1. The van der Waals surface area contributed by atoms with E-state index in [-0.39, 0.29) is 31.6 Å². The molecule has 7 atom stereocenters. The number of hydrogen-bond donors (Lipinski definition) is 18. The third kappa shape index (κ3) is 41.3. The number of benzene rings is 2. The van der Waals surface area contributed by atoms with Crippen molar-refractivity contribution in [2.24, 2.45) is 40.1 Å². The second-order valence-corrected chi connectivity index (χ2v) is 32.2. The van der Waals surface area contributed by atoms with Gasteiger partial charge in [0, 0.05) is 77.8 Å². The molecule has 14 aromatic rings. The fourth-order valence-electron chi connectivity index (χ4n) is 11.0. The van der Waals surface area contributed by atoms with Crippen molar-refractivity contribution < 1.29 is 69.3 Å².